The number of rotatable bonds is 5. The van der Waals surface area contributed by atoms with Gasteiger partial charge in [0.2, 0.25) is 5.75 Å². The third kappa shape index (κ3) is 2.50. The number of hydrogen-bond donors (Lipinski definition) is 0. The largest absolute Gasteiger partial charge is 0.493 e. The number of aromatic nitrogens is 1. The van der Waals surface area contributed by atoms with E-state index in [-0.39, 0.29) is 0 Å². The van der Waals surface area contributed by atoms with Crippen molar-refractivity contribution < 1.29 is 18.7 Å². The fourth-order valence-electron chi connectivity index (χ4n) is 1.42. The summed E-state index contributed by atoms with van der Waals surface area (Å²) in [5.74, 6) is 1.79. The molecule has 0 fully saturated rings. The Morgan fingerprint density at radius 2 is 1.82 bits per heavy atom. The molecule has 0 atom stereocenters. The Morgan fingerprint density at radius 1 is 1.12 bits per heavy atom. The lowest BCUT2D eigenvalue weighted by molar-refractivity contribution is 0.256. The highest BCUT2D eigenvalue weighted by atomic mass is 16.5. The summed E-state index contributed by atoms with van der Waals surface area (Å²) < 4.78 is 20.8. The quantitative estimate of drug-likeness (QED) is 0.795. The van der Waals surface area contributed by atoms with Crippen LogP contribution in [0.15, 0.2) is 35.1 Å². The van der Waals surface area contributed by atoms with Gasteiger partial charge in [-0.1, -0.05) is 11.2 Å². The van der Waals surface area contributed by atoms with Crippen LogP contribution in [0.5, 0.6) is 17.2 Å². The molecule has 0 spiro atoms. The molecule has 0 bridgehead atoms. The van der Waals surface area contributed by atoms with E-state index < -0.39 is 0 Å². The Bertz CT molecular complexity index is 445. The second kappa shape index (κ2) is 5.25. The van der Waals surface area contributed by atoms with Gasteiger partial charge < -0.3 is 18.7 Å². The Labute approximate surface area is 98.9 Å². The smallest absolute Gasteiger partial charge is 0.203 e. The van der Waals surface area contributed by atoms with Crippen LogP contribution in [-0.2, 0) is 6.61 Å². The second-order valence-electron chi connectivity index (χ2n) is 3.27. The van der Waals surface area contributed by atoms with Crippen molar-refractivity contribution in [3.63, 3.8) is 0 Å². The number of nitrogens with zero attached hydrogens (tertiary/aromatic N) is 1. The van der Waals surface area contributed by atoms with Gasteiger partial charge in [-0.2, -0.15) is 0 Å². The van der Waals surface area contributed by atoms with Gasteiger partial charge in [0.05, 0.1) is 14.2 Å². The van der Waals surface area contributed by atoms with Crippen LogP contribution in [0.3, 0.4) is 0 Å². The van der Waals surface area contributed by atoms with Crippen LogP contribution in [-0.4, -0.2) is 19.4 Å². The second-order valence-corrected chi connectivity index (χ2v) is 3.27. The van der Waals surface area contributed by atoms with Crippen LogP contribution < -0.4 is 14.2 Å². The standard InChI is InChI=1S/C12H13NO4/c1-14-10-4-3-5-11(15-2)12(10)16-8-9-6-7-17-13-9/h3-7H,8H2,1-2H3. The third-order valence-corrected chi connectivity index (χ3v) is 2.24. The number of para-hydroxylation sites is 1. The molecular weight excluding hydrogens is 222 g/mol. The van der Waals surface area contributed by atoms with E-state index >= 15 is 0 Å². The molecular formula is C12H13NO4. The van der Waals surface area contributed by atoms with Crippen LogP contribution >= 0.6 is 0 Å². The fourth-order valence-corrected chi connectivity index (χ4v) is 1.42. The van der Waals surface area contributed by atoms with E-state index in [2.05, 4.69) is 5.16 Å². The lowest BCUT2D eigenvalue weighted by atomic mass is 10.3. The Balaban J connectivity index is 2.18. The van der Waals surface area contributed by atoms with E-state index in [0.29, 0.717) is 29.5 Å². The summed E-state index contributed by atoms with van der Waals surface area (Å²) >= 11 is 0. The predicted octanol–water partition coefficient (Wildman–Crippen LogP) is 2.27. The number of hydrogen-bond acceptors (Lipinski definition) is 5. The van der Waals surface area contributed by atoms with Crippen LogP contribution in [0, 0.1) is 0 Å². The van der Waals surface area contributed by atoms with E-state index in [1.807, 2.05) is 6.07 Å². The minimum atomic E-state index is 0.299. The molecule has 0 aliphatic carbocycles. The highest BCUT2D eigenvalue weighted by molar-refractivity contribution is 5.51. The third-order valence-electron chi connectivity index (χ3n) is 2.24. The van der Waals surface area contributed by atoms with Crippen molar-refractivity contribution in [2.75, 3.05) is 14.2 Å². The van der Waals surface area contributed by atoms with Gasteiger partial charge in [0, 0.05) is 6.07 Å². The maximum atomic E-state index is 5.62. The molecule has 1 aromatic heterocycles. The molecule has 5 heteroatoms. The first-order valence-corrected chi connectivity index (χ1v) is 5.08. The lowest BCUT2D eigenvalue weighted by Crippen LogP contribution is -2.00. The summed E-state index contributed by atoms with van der Waals surface area (Å²) in [6, 6.07) is 7.18. The molecule has 5 nitrogen and oxygen atoms in total. The molecule has 0 saturated carbocycles. The van der Waals surface area contributed by atoms with Crippen LogP contribution in [0.2, 0.25) is 0 Å². The van der Waals surface area contributed by atoms with Crippen molar-refractivity contribution in [2.24, 2.45) is 0 Å². The Kier molecular flexibility index (Phi) is 3.49. The van der Waals surface area contributed by atoms with Gasteiger partial charge >= 0.3 is 0 Å². The molecule has 2 rings (SSSR count). The predicted molar refractivity (Wildman–Crippen MR) is 60.4 cm³/mol. The van der Waals surface area contributed by atoms with Crippen LogP contribution in [0.1, 0.15) is 5.69 Å². The van der Waals surface area contributed by atoms with Crippen molar-refractivity contribution in [1.29, 1.82) is 0 Å². The van der Waals surface area contributed by atoms with E-state index in [1.165, 1.54) is 6.26 Å². The van der Waals surface area contributed by atoms with Crippen LogP contribution in [0.25, 0.3) is 0 Å². The summed E-state index contributed by atoms with van der Waals surface area (Å²) in [5.41, 5.74) is 0.706. The van der Waals surface area contributed by atoms with Crippen molar-refractivity contribution in [1.82, 2.24) is 5.16 Å². The summed E-state index contributed by atoms with van der Waals surface area (Å²) in [4.78, 5) is 0. The fraction of sp³-hybridized carbons (Fsp3) is 0.250. The van der Waals surface area contributed by atoms with Gasteiger partial charge in [0.25, 0.3) is 0 Å². The molecule has 0 aliphatic heterocycles. The first kappa shape index (κ1) is 11.3. The maximum Gasteiger partial charge on any atom is 0.203 e. The summed E-state index contributed by atoms with van der Waals surface area (Å²) in [6.07, 6.45) is 1.50. The average Bonchev–Trinajstić information content (AvgIpc) is 2.88. The van der Waals surface area contributed by atoms with Gasteiger partial charge in [-0.15, -0.1) is 0 Å². The summed E-state index contributed by atoms with van der Waals surface area (Å²) in [7, 11) is 3.16. The molecule has 0 unspecified atom stereocenters. The minimum absolute atomic E-state index is 0.299. The van der Waals surface area contributed by atoms with Gasteiger partial charge in [-0.05, 0) is 12.1 Å². The van der Waals surface area contributed by atoms with Gasteiger partial charge in [0.1, 0.15) is 18.6 Å². The van der Waals surface area contributed by atoms with Crippen molar-refractivity contribution >= 4 is 0 Å². The van der Waals surface area contributed by atoms with Gasteiger partial charge in [-0.3, -0.25) is 0 Å². The van der Waals surface area contributed by atoms with Gasteiger partial charge in [0.15, 0.2) is 11.5 Å². The molecule has 0 radical (unpaired) electrons. The van der Waals surface area contributed by atoms with Crippen LogP contribution in [0.4, 0.5) is 0 Å². The molecule has 0 N–H and O–H groups in total. The average molecular weight is 235 g/mol. The zero-order valence-corrected chi connectivity index (χ0v) is 9.67. The number of ether oxygens (including phenoxy) is 3. The first-order valence-electron chi connectivity index (χ1n) is 5.08. The maximum absolute atomic E-state index is 5.62. The number of methoxy groups -OCH3 is 2. The molecule has 0 saturated heterocycles. The number of benzene rings is 1. The SMILES string of the molecule is COc1cccc(OC)c1OCc1ccon1. The normalized spacial score (nSPS) is 10.0. The highest BCUT2D eigenvalue weighted by Crippen LogP contribution is 2.37. The molecule has 1 aromatic carbocycles. The van der Waals surface area contributed by atoms with Crippen molar-refractivity contribution in [3.8, 4) is 17.2 Å². The summed E-state index contributed by atoms with van der Waals surface area (Å²) in [6.45, 7) is 0.299. The van der Waals surface area contributed by atoms with Crippen molar-refractivity contribution in [2.45, 2.75) is 6.61 Å². The highest BCUT2D eigenvalue weighted by Gasteiger charge is 2.11. The van der Waals surface area contributed by atoms with E-state index in [4.69, 9.17) is 18.7 Å². The monoisotopic (exact) mass is 235 g/mol. The molecule has 0 amide bonds. The summed E-state index contributed by atoms with van der Waals surface area (Å²) in [5, 5.41) is 3.76. The molecule has 2 aromatic rings. The van der Waals surface area contributed by atoms with Crippen molar-refractivity contribution in [3.05, 3.63) is 36.2 Å². The topological polar surface area (TPSA) is 53.7 Å². The van der Waals surface area contributed by atoms with E-state index in [1.54, 1.807) is 32.4 Å². The van der Waals surface area contributed by atoms with E-state index in [9.17, 15) is 0 Å². The zero-order chi connectivity index (χ0) is 12.1. The van der Waals surface area contributed by atoms with E-state index in [0.717, 1.165) is 0 Å². The Hall–Kier alpha value is -2.17. The zero-order valence-electron chi connectivity index (χ0n) is 9.67. The lowest BCUT2D eigenvalue weighted by Gasteiger charge is -2.12. The molecule has 0 aliphatic rings. The van der Waals surface area contributed by atoms with Gasteiger partial charge in [-0.25, -0.2) is 0 Å². The minimum Gasteiger partial charge on any atom is -0.493 e. The molecule has 90 valence electrons. The molecule has 1 heterocycles. The molecule has 17 heavy (non-hydrogen) atoms. The first-order chi connectivity index (χ1) is 8.35. The Morgan fingerprint density at radius 3 is 2.35 bits per heavy atom.